The van der Waals surface area contributed by atoms with Crippen molar-refractivity contribution >= 4 is 37.9 Å². The van der Waals surface area contributed by atoms with Gasteiger partial charge < -0.3 is 0 Å². The minimum Gasteiger partial charge on any atom is -0.0924 e. The molecule has 2 unspecified atom stereocenters. The summed E-state index contributed by atoms with van der Waals surface area (Å²) in [6, 6.07) is 28.9. The zero-order valence-corrected chi connectivity index (χ0v) is 21.3. The van der Waals surface area contributed by atoms with Crippen LogP contribution in [-0.4, -0.2) is 10.7 Å². The average molecular weight is 548 g/mol. The molecule has 0 amide bonds. The quantitative estimate of drug-likeness (QED) is 0.248. The average Bonchev–Trinajstić information content (AvgIpc) is 2.85. The molecule has 0 bridgehead atoms. The van der Waals surface area contributed by atoms with E-state index in [9.17, 15) is 0 Å². The Morgan fingerprint density at radius 2 is 1.34 bits per heavy atom. The molecule has 0 aliphatic heterocycles. The minimum absolute atomic E-state index is 0.229. The Bertz CT molecular complexity index is 1080. The van der Waals surface area contributed by atoms with Crippen LogP contribution in [0.2, 0.25) is 0 Å². The number of aryl methyl sites for hydroxylation is 2. The zero-order valence-electron chi connectivity index (χ0n) is 18.1. The number of allylic oxidation sites excluding steroid dienone is 5. The lowest BCUT2D eigenvalue weighted by Gasteiger charge is -2.37. The topological polar surface area (TPSA) is 0 Å². The van der Waals surface area contributed by atoms with Crippen LogP contribution in [-0.2, 0) is 18.3 Å². The van der Waals surface area contributed by atoms with Crippen molar-refractivity contribution in [3.8, 4) is 0 Å². The highest BCUT2D eigenvalue weighted by molar-refractivity contribution is 9.09. The van der Waals surface area contributed by atoms with Gasteiger partial charge >= 0.3 is 0 Å². The SMILES string of the molecule is BrCCc1ccc(C2C=CC=CC2(C=Cc2ccccc2)c2ccc(CCBr)cc2)cc1. The van der Waals surface area contributed by atoms with Gasteiger partial charge in [0.1, 0.15) is 0 Å². The number of hydrogen-bond acceptors (Lipinski definition) is 0. The number of halogens is 2. The molecule has 0 spiro atoms. The molecule has 3 aromatic rings. The molecule has 2 atom stereocenters. The number of benzene rings is 3. The Balaban J connectivity index is 1.79. The van der Waals surface area contributed by atoms with E-state index in [1.807, 2.05) is 0 Å². The van der Waals surface area contributed by atoms with Crippen molar-refractivity contribution in [3.05, 3.63) is 137 Å². The molecule has 0 fully saturated rings. The maximum atomic E-state index is 3.57. The first-order valence-electron chi connectivity index (χ1n) is 11.2. The molecular weight excluding hydrogens is 520 g/mol. The van der Waals surface area contributed by atoms with E-state index in [0.29, 0.717) is 0 Å². The van der Waals surface area contributed by atoms with Crippen LogP contribution in [0.1, 0.15) is 33.7 Å². The molecule has 1 aliphatic rings. The first-order valence-corrected chi connectivity index (χ1v) is 13.4. The number of alkyl halides is 2. The summed E-state index contributed by atoms with van der Waals surface area (Å²) in [6.07, 6.45) is 15.8. The van der Waals surface area contributed by atoms with Crippen LogP contribution >= 0.6 is 31.9 Å². The van der Waals surface area contributed by atoms with E-state index in [4.69, 9.17) is 0 Å². The van der Waals surface area contributed by atoms with Crippen molar-refractivity contribution in [1.29, 1.82) is 0 Å². The Labute approximate surface area is 209 Å². The molecule has 0 saturated heterocycles. The predicted octanol–water partition coefficient (Wildman–Crippen LogP) is 8.42. The van der Waals surface area contributed by atoms with Crippen molar-refractivity contribution in [1.82, 2.24) is 0 Å². The highest BCUT2D eigenvalue weighted by Crippen LogP contribution is 2.45. The van der Waals surface area contributed by atoms with Gasteiger partial charge in [0.05, 0.1) is 0 Å². The normalized spacial score (nSPS) is 20.1. The Hall–Kier alpha value is -2.16. The van der Waals surface area contributed by atoms with E-state index in [0.717, 1.165) is 23.5 Å². The van der Waals surface area contributed by atoms with Crippen LogP contribution in [0.3, 0.4) is 0 Å². The van der Waals surface area contributed by atoms with E-state index in [-0.39, 0.29) is 11.3 Å². The van der Waals surface area contributed by atoms with E-state index in [2.05, 4.69) is 147 Å². The van der Waals surface area contributed by atoms with Gasteiger partial charge in [-0.15, -0.1) is 0 Å². The summed E-state index contributed by atoms with van der Waals surface area (Å²) in [5.74, 6) is 0.229. The summed E-state index contributed by atoms with van der Waals surface area (Å²) < 4.78 is 0. The van der Waals surface area contributed by atoms with Crippen molar-refractivity contribution in [2.24, 2.45) is 0 Å². The van der Waals surface area contributed by atoms with E-state index >= 15 is 0 Å². The Kier molecular flexibility index (Phi) is 8.00. The van der Waals surface area contributed by atoms with Gasteiger partial charge in [-0.3, -0.25) is 0 Å². The van der Waals surface area contributed by atoms with E-state index in [1.54, 1.807) is 0 Å². The second-order valence-electron chi connectivity index (χ2n) is 8.22. The standard InChI is InChI=1S/C30H28Br2/c31-22-18-25-9-13-27(14-10-25)29-8-4-5-20-30(29,21-17-24-6-2-1-3-7-24)28-15-11-26(12-16-28)19-23-32/h1-17,20-21,29H,18-19,22-23H2. The van der Waals surface area contributed by atoms with Crippen LogP contribution < -0.4 is 0 Å². The van der Waals surface area contributed by atoms with E-state index in [1.165, 1.54) is 27.8 Å². The number of rotatable bonds is 8. The van der Waals surface area contributed by atoms with Crippen LogP contribution in [0.15, 0.2) is 109 Å². The van der Waals surface area contributed by atoms with Gasteiger partial charge in [0.15, 0.2) is 0 Å². The molecule has 2 heteroatoms. The Morgan fingerprint density at radius 1 is 0.719 bits per heavy atom. The third kappa shape index (κ3) is 5.24. The fourth-order valence-corrected chi connectivity index (χ4v) is 5.35. The summed E-state index contributed by atoms with van der Waals surface area (Å²) in [4.78, 5) is 0. The van der Waals surface area contributed by atoms with E-state index < -0.39 is 0 Å². The molecule has 0 saturated carbocycles. The molecule has 0 nitrogen and oxygen atoms in total. The molecule has 1 aliphatic carbocycles. The molecular formula is C30H28Br2. The van der Waals surface area contributed by atoms with Crippen LogP contribution in [0, 0.1) is 0 Å². The van der Waals surface area contributed by atoms with Gasteiger partial charge in [-0.05, 0) is 40.7 Å². The van der Waals surface area contributed by atoms with Gasteiger partial charge in [0, 0.05) is 22.0 Å². The minimum atomic E-state index is -0.242. The monoisotopic (exact) mass is 546 g/mol. The van der Waals surface area contributed by atoms with Crippen LogP contribution in [0.5, 0.6) is 0 Å². The second kappa shape index (κ2) is 11.1. The summed E-state index contributed by atoms with van der Waals surface area (Å²) in [5, 5.41) is 1.97. The third-order valence-corrected chi connectivity index (χ3v) is 7.00. The van der Waals surface area contributed by atoms with Crippen molar-refractivity contribution in [3.63, 3.8) is 0 Å². The molecule has 0 aromatic heterocycles. The van der Waals surface area contributed by atoms with Gasteiger partial charge in [-0.2, -0.15) is 0 Å². The maximum Gasteiger partial charge on any atom is 0.0421 e. The zero-order chi connectivity index (χ0) is 22.2. The summed E-state index contributed by atoms with van der Waals surface area (Å²) in [5.41, 5.74) is 6.36. The Morgan fingerprint density at radius 3 is 1.97 bits per heavy atom. The summed E-state index contributed by atoms with van der Waals surface area (Å²) in [6.45, 7) is 0. The fourth-order valence-electron chi connectivity index (χ4n) is 4.44. The highest BCUT2D eigenvalue weighted by atomic mass is 79.9. The van der Waals surface area contributed by atoms with Gasteiger partial charge in [-0.1, -0.05) is 147 Å². The lowest BCUT2D eigenvalue weighted by atomic mass is 9.65. The van der Waals surface area contributed by atoms with Crippen molar-refractivity contribution < 1.29 is 0 Å². The molecule has 0 heterocycles. The third-order valence-electron chi connectivity index (χ3n) is 6.21. The van der Waals surface area contributed by atoms with Gasteiger partial charge in [0.25, 0.3) is 0 Å². The summed E-state index contributed by atoms with van der Waals surface area (Å²) >= 11 is 7.12. The maximum absolute atomic E-state index is 3.57. The highest BCUT2D eigenvalue weighted by Gasteiger charge is 2.36. The molecule has 162 valence electrons. The van der Waals surface area contributed by atoms with Gasteiger partial charge in [-0.25, -0.2) is 0 Å². The molecule has 4 rings (SSSR count). The van der Waals surface area contributed by atoms with Crippen molar-refractivity contribution in [2.45, 2.75) is 24.2 Å². The molecule has 3 aromatic carbocycles. The fraction of sp³-hybridized carbons (Fsp3) is 0.200. The van der Waals surface area contributed by atoms with Crippen LogP contribution in [0.4, 0.5) is 0 Å². The van der Waals surface area contributed by atoms with Crippen LogP contribution in [0.25, 0.3) is 6.08 Å². The second-order valence-corrected chi connectivity index (χ2v) is 9.80. The molecule has 0 N–H and O–H groups in total. The summed E-state index contributed by atoms with van der Waals surface area (Å²) in [7, 11) is 0. The number of hydrogen-bond donors (Lipinski definition) is 0. The lowest BCUT2D eigenvalue weighted by molar-refractivity contribution is 0.588. The first kappa shape index (κ1) is 23.0. The largest absolute Gasteiger partial charge is 0.0924 e. The molecule has 0 radical (unpaired) electrons. The molecule has 32 heavy (non-hydrogen) atoms. The van der Waals surface area contributed by atoms with Crippen molar-refractivity contribution in [2.75, 3.05) is 10.7 Å². The first-order chi connectivity index (χ1) is 15.7. The smallest absolute Gasteiger partial charge is 0.0421 e. The van der Waals surface area contributed by atoms with Gasteiger partial charge in [0.2, 0.25) is 0 Å². The predicted molar refractivity (Wildman–Crippen MR) is 146 cm³/mol. The lowest BCUT2D eigenvalue weighted by Crippen LogP contribution is -2.30.